The zero-order valence-electron chi connectivity index (χ0n) is 22.7. The van der Waals surface area contributed by atoms with Crippen LogP contribution >= 0.6 is 0 Å². The second kappa shape index (κ2) is 9.24. The first kappa shape index (κ1) is 25.1. The van der Waals surface area contributed by atoms with E-state index >= 15 is 0 Å². The van der Waals surface area contributed by atoms with Crippen LogP contribution in [0, 0.1) is 0 Å². The van der Waals surface area contributed by atoms with E-state index in [1.807, 2.05) is 36.4 Å². The van der Waals surface area contributed by atoms with Crippen LogP contribution in [-0.2, 0) is 25.6 Å². The lowest BCUT2D eigenvalue weighted by Crippen LogP contribution is -2.24. The molecule has 6 rings (SSSR count). The molecule has 200 valence electrons. The highest BCUT2D eigenvalue weighted by Crippen LogP contribution is 2.40. The summed E-state index contributed by atoms with van der Waals surface area (Å²) in [6.07, 6.45) is 4.06. The molecule has 3 N–H and O–H groups in total. The summed E-state index contributed by atoms with van der Waals surface area (Å²) >= 11 is 0. The van der Waals surface area contributed by atoms with E-state index < -0.39 is 0 Å². The summed E-state index contributed by atoms with van der Waals surface area (Å²) in [4.78, 5) is 28.2. The van der Waals surface area contributed by atoms with Crippen molar-refractivity contribution >= 4 is 23.1 Å². The van der Waals surface area contributed by atoms with Crippen molar-refractivity contribution in [3.05, 3.63) is 93.0 Å². The number of fused-ring (bicyclic) bond motifs is 1. The van der Waals surface area contributed by atoms with Crippen molar-refractivity contribution in [1.82, 2.24) is 14.8 Å². The number of nitrogens with zero attached hydrogens (tertiary/aromatic N) is 3. The average Bonchev–Trinajstić information content (AvgIpc) is 3.57. The predicted molar refractivity (Wildman–Crippen MR) is 153 cm³/mol. The maximum absolute atomic E-state index is 13.5. The zero-order valence-corrected chi connectivity index (χ0v) is 22.7. The second-order valence-electron chi connectivity index (χ2n) is 11.6. The Morgan fingerprint density at radius 2 is 1.87 bits per heavy atom. The lowest BCUT2D eigenvalue weighted by atomic mass is 9.85. The number of nitrogens with one attached hydrogen (secondary N) is 2. The van der Waals surface area contributed by atoms with Crippen molar-refractivity contribution in [2.45, 2.75) is 58.1 Å². The van der Waals surface area contributed by atoms with Gasteiger partial charge in [-0.3, -0.25) is 14.7 Å². The van der Waals surface area contributed by atoms with Gasteiger partial charge in [0.2, 0.25) is 0 Å². The van der Waals surface area contributed by atoms with Gasteiger partial charge in [0.1, 0.15) is 5.69 Å². The van der Waals surface area contributed by atoms with Crippen molar-refractivity contribution in [2.24, 2.45) is 7.05 Å². The molecule has 0 radical (unpaired) electrons. The van der Waals surface area contributed by atoms with Crippen LogP contribution in [0.25, 0.3) is 11.1 Å². The van der Waals surface area contributed by atoms with E-state index in [0.29, 0.717) is 40.8 Å². The highest BCUT2D eigenvalue weighted by molar-refractivity contribution is 6.10. The number of hydrogen-bond acceptors (Lipinski definition) is 5. The molecule has 8 nitrogen and oxygen atoms in total. The van der Waals surface area contributed by atoms with Gasteiger partial charge in [-0.2, -0.15) is 5.10 Å². The zero-order chi connectivity index (χ0) is 27.5. The molecule has 39 heavy (non-hydrogen) atoms. The molecule has 1 aliphatic heterocycles. The van der Waals surface area contributed by atoms with Crippen LogP contribution < -0.4 is 15.8 Å². The number of aromatic amines is 1. The Bertz CT molecular complexity index is 1660. The van der Waals surface area contributed by atoms with Gasteiger partial charge in [-0.25, -0.2) is 0 Å². The Labute approximate surface area is 227 Å². The van der Waals surface area contributed by atoms with Crippen molar-refractivity contribution in [3.63, 3.8) is 0 Å². The predicted octanol–water partition coefficient (Wildman–Crippen LogP) is 5.35. The van der Waals surface area contributed by atoms with Gasteiger partial charge in [0.05, 0.1) is 18.8 Å². The Morgan fingerprint density at radius 1 is 1.08 bits per heavy atom. The number of hydrogen-bond donors (Lipinski definition) is 3. The number of rotatable bonds is 6. The lowest BCUT2D eigenvalue weighted by molar-refractivity contribution is 0.0996. The third kappa shape index (κ3) is 4.55. The SMILES string of the molecule is Cn1cc(-c2cccc(N3Cc4cc(C(C)(C)C)ccc4C3=O)c2CO)cc(Nc2cc(C3CC3)[nH]n2)c1=O. The van der Waals surface area contributed by atoms with Crippen LogP contribution in [0.3, 0.4) is 0 Å². The normalized spacial score (nSPS) is 15.1. The van der Waals surface area contributed by atoms with Crippen LogP contribution in [0.5, 0.6) is 0 Å². The molecule has 8 heteroatoms. The van der Waals surface area contributed by atoms with Crippen LogP contribution in [0.15, 0.2) is 59.5 Å². The Morgan fingerprint density at radius 3 is 2.59 bits per heavy atom. The van der Waals surface area contributed by atoms with E-state index in [-0.39, 0.29) is 23.5 Å². The van der Waals surface area contributed by atoms with Gasteiger partial charge in [0.25, 0.3) is 11.5 Å². The highest BCUT2D eigenvalue weighted by atomic mass is 16.3. The number of amides is 1. The first-order chi connectivity index (χ1) is 18.6. The van der Waals surface area contributed by atoms with Crippen LogP contribution in [0.1, 0.15) is 72.3 Å². The topological polar surface area (TPSA) is 103 Å². The van der Waals surface area contributed by atoms with Gasteiger partial charge in [-0.05, 0) is 53.1 Å². The third-order valence-corrected chi connectivity index (χ3v) is 7.75. The minimum absolute atomic E-state index is 0.0218. The van der Waals surface area contributed by atoms with Crippen molar-refractivity contribution in [2.75, 3.05) is 10.2 Å². The van der Waals surface area contributed by atoms with E-state index in [2.05, 4.69) is 42.4 Å². The molecule has 1 saturated carbocycles. The number of pyridine rings is 1. The molecule has 2 aromatic heterocycles. The molecule has 0 spiro atoms. The van der Waals surface area contributed by atoms with Crippen LogP contribution in [-0.4, -0.2) is 25.8 Å². The fraction of sp³-hybridized carbons (Fsp3) is 0.323. The molecule has 3 heterocycles. The Hall–Kier alpha value is -4.17. The molecular formula is C31H33N5O3. The van der Waals surface area contributed by atoms with E-state index in [4.69, 9.17) is 0 Å². The Balaban J connectivity index is 1.36. The first-order valence-electron chi connectivity index (χ1n) is 13.4. The third-order valence-electron chi connectivity index (χ3n) is 7.75. The average molecular weight is 524 g/mol. The summed E-state index contributed by atoms with van der Waals surface area (Å²) in [5.74, 6) is 1.04. The number of benzene rings is 2. The molecule has 0 saturated heterocycles. The molecule has 0 bridgehead atoms. The van der Waals surface area contributed by atoms with Crippen molar-refractivity contribution in [3.8, 4) is 11.1 Å². The number of aliphatic hydroxyl groups is 1. The molecule has 2 aliphatic rings. The van der Waals surface area contributed by atoms with Gasteiger partial charge in [-0.15, -0.1) is 0 Å². The Kier molecular flexibility index (Phi) is 5.95. The monoisotopic (exact) mass is 523 g/mol. The molecule has 4 aromatic rings. The van der Waals surface area contributed by atoms with Gasteiger partial charge < -0.3 is 19.9 Å². The maximum atomic E-state index is 13.5. The van der Waals surface area contributed by atoms with Crippen LogP contribution in [0.4, 0.5) is 17.2 Å². The molecule has 1 fully saturated rings. The molecule has 1 aliphatic carbocycles. The summed E-state index contributed by atoms with van der Waals surface area (Å²) < 4.78 is 1.52. The van der Waals surface area contributed by atoms with Crippen molar-refractivity contribution < 1.29 is 9.90 Å². The summed E-state index contributed by atoms with van der Waals surface area (Å²) in [6, 6.07) is 15.4. The summed E-state index contributed by atoms with van der Waals surface area (Å²) in [7, 11) is 1.70. The second-order valence-corrected chi connectivity index (χ2v) is 11.6. The van der Waals surface area contributed by atoms with Crippen molar-refractivity contribution in [1.29, 1.82) is 0 Å². The van der Waals surface area contributed by atoms with E-state index in [0.717, 1.165) is 35.2 Å². The van der Waals surface area contributed by atoms with Crippen LogP contribution in [0.2, 0.25) is 0 Å². The van der Waals surface area contributed by atoms with E-state index in [9.17, 15) is 14.7 Å². The lowest BCUT2D eigenvalue weighted by Gasteiger charge is -2.22. The number of aromatic nitrogens is 3. The highest BCUT2D eigenvalue weighted by Gasteiger charge is 2.32. The van der Waals surface area contributed by atoms with Gasteiger partial charge in [0, 0.05) is 47.6 Å². The maximum Gasteiger partial charge on any atom is 0.274 e. The minimum Gasteiger partial charge on any atom is -0.392 e. The number of carbonyl (C=O) groups excluding carboxylic acids is 1. The fourth-order valence-corrected chi connectivity index (χ4v) is 5.34. The first-order valence-corrected chi connectivity index (χ1v) is 13.4. The smallest absolute Gasteiger partial charge is 0.274 e. The van der Waals surface area contributed by atoms with E-state index in [1.54, 1.807) is 24.2 Å². The summed E-state index contributed by atoms with van der Waals surface area (Å²) in [5, 5.41) is 21.1. The fourth-order valence-electron chi connectivity index (χ4n) is 5.34. The number of anilines is 3. The quantitative estimate of drug-likeness (QED) is 0.316. The van der Waals surface area contributed by atoms with Gasteiger partial charge in [-0.1, -0.05) is 45.0 Å². The number of carbonyl (C=O) groups is 1. The summed E-state index contributed by atoms with van der Waals surface area (Å²) in [5.41, 5.74) is 6.92. The summed E-state index contributed by atoms with van der Waals surface area (Å²) in [6.45, 7) is 6.66. The number of H-pyrrole nitrogens is 1. The standard InChI is InChI=1S/C31H33N5O3/c1-31(2,3)21-10-11-23-19(12-21)16-36(29(23)38)27-7-5-6-22(24(27)17-37)20-13-26(30(39)35(4)15-20)32-28-14-25(33-34-28)18-8-9-18/h5-7,10-15,18,37H,8-9,16-17H2,1-4H3,(H2,32,33,34). The minimum atomic E-state index is -0.255. The number of aryl methyl sites for hydroxylation is 1. The molecule has 1 amide bonds. The van der Waals surface area contributed by atoms with Gasteiger partial charge in [0.15, 0.2) is 5.82 Å². The van der Waals surface area contributed by atoms with Gasteiger partial charge >= 0.3 is 0 Å². The largest absolute Gasteiger partial charge is 0.392 e. The van der Waals surface area contributed by atoms with E-state index in [1.165, 1.54) is 10.1 Å². The molecule has 0 unspecified atom stereocenters. The number of aliphatic hydroxyl groups excluding tert-OH is 1. The molecule has 2 aromatic carbocycles. The molecular weight excluding hydrogens is 490 g/mol. The molecule has 0 atom stereocenters.